The first-order valence-corrected chi connectivity index (χ1v) is 5.51. The Morgan fingerprint density at radius 1 is 1.38 bits per heavy atom. The number of unbranched alkanes of at least 4 members (excludes halogenated alkanes) is 1. The number of nitrogens with two attached hydrogens (primary N) is 1. The summed E-state index contributed by atoms with van der Waals surface area (Å²) in [7, 11) is 0. The summed E-state index contributed by atoms with van der Waals surface area (Å²) in [5.74, 6) is -0.0486. The van der Waals surface area contributed by atoms with Crippen molar-refractivity contribution in [2.45, 2.75) is 32.7 Å². The summed E-state index contributed by atoms with van der Waals surface area (Å²) in [4.78, 5) is 21.7. The van der Waals surface area contributed by atoms with Gasteiger partial charge in [-0.15, -0.1) is 0 Å². The molecule has 0 rings (SSSR count). The van der Waals surface area contributed by atoms with Gasteiger partial charge in [-0.2, -0.15) is 0 Å². The largest absolute Gasteiger partial charge is 0.448 e. The van der Waals surface area contributed by atoms with Crippen LogP contribution in [-0.2, 0) is 9.53 Å². The van der Waals surface area contributed by atoms with Crippen LogP contribution in [0, 0.1) is 0 Å². The van der Waals surface area contributed by atoms with Crippen molar-refractivity contribution in [2.24, 2.45) is 5.73 Å². The quantitative estimate of drug-likeness (QED) is 0.512. The summed E-state index contributed by atoms with van der Waals surface area (Å²) in [6.45, 7) is 5.09. The molecule has 0 saturated carbocycles. The third kappa shape index (κ3) is 8.05. The molecule has 0 aromatic carbocycles. The van der Waals surface area contributed by atoms with E-state index in [2.05, 4.69) is 22.3 Å². The lowest BCUT2D eigenvalue weighted by molar-refractivity contribution is -0.122. The molecule has 6 nitrogen and oxygen atoms in total. The molecule has 0 aromatic heterocycles. The standard InChI is InChI=1S/C10H21N3O3/c1-3-4-5-13-9(14)8(2)12-6-7-16-10(11)15/h8,12H,3-7H2,1-2H3,(H2,11,15)(H,13,14). The number of amides is 2. The van der Waals surface area contributed by atoms with Crippen LogP contribution in [-0.4, -0.2) is 37.7 Å². The number of hydrogen-bond acceptors (Lipinski definition) is 4. The Balaban J connectivity index is 3.51. The van der Waals surface area contributed by atoms with Gasteiger partial charge in [-0.25, -0.2) is 4.79 Å². The monoisotopic (exact) mass is 231 g/mol. The topological polar surface area (TPSA) is 93.4 Å². The first kappa shape index (κ1) is 14.7. The van der Waals surface area contributed by atoms with Gasteiger partial charge in [0.15, 0.2) is 0 Å². The van der Waals surface area contributed by atoms with Gasteiger partial charge in [-0.3, -0.25) is 4.79 Å². The van der Waals surface area contributed by atoms with Crippen molar-refractivity contribution in [1.82, 2.24) is 10.6 Å². The van der Waals surface area contributed by atoms with Gasteiger partial charge < -0.3 is 21.1 Å². The molecular formula is C10H21N3O3. The maximum Gasteiger partial charge on any atom is 0.404 e. The fourth-order valence-electron chi connectivity index (χ4n) is 1.06. The second-order valence-electron chi connectivity index (χ2n) is 3.49. The van der Waals surface area contributed by atoms with Crippen LogP contribution in [0.3, 0.4) is 0 Å². The average Bonchev–Trinajstić information content (AvgIpc) is 2.24. The number of primary amides is 1. The molecule has 2 amide bonds. The minimum absolute atomic E-state index is 0.0486. The Labute approximate surface area is 95.9 Å². The SMILES string of the molecule is CCCCNC(=O)C(C)NCCOC(N)=O. The third-order valence-corrected chi connectivity index (χ3v) is 2.02. The predicted molar refractivity (Wildman–Crippen MR) is 60.9 cm³/mol. The second kappa shape index (κ2) is 8.96. The lowest BCUT2D eigenvalue weighted by Gasteiger charge is -2.13. The minimum atomic E-state index is -0.804. The molecule has 1 atom stereocenters. The van der Waals surface area contributed by atoms with E-state index in [4.69, 9.17) is 5.73 Å². The number of carbonyl (C=O) groups is 2. The van der Waals surface area contributed by atoms with Crippen molar-refractivity contribution >= 4 is 12.0 Å². The van der Waals surface area contributed by atoms with E-state index in [0.29, 0.717) is 13.1 Å². The summed E-state index contributed by atoms with van der Waals surface area (Å²) in [5, 5.41) is 5.72. The number of carbonyl (C=O) groups excluding carboxylic acids is 2. The molecule has 0 aliphatic heterocycles. The first-order valence-electron chi connectivity index (χ1n) is 5.51. The van der Waals surface area contributed by atoms with Crippen LogP contribution in [0.4, 0.5) is 4.79 Å². The molecule has 16 heavy (non-hydrogen) atoms. The van der Waals surface area contributed by atoms with E-state index in [1.807, 2.05) is 0 Å². The molecule has 0 aromatic rings. The van der Waals surface area contributed by atoms with Gasteiger partial charge >= 0.3 is 6.09 Å². The molecule has 0 bridgehead atoms. The van der Waals surface area contributed by atoms with Crippen LogP contribution < -0.4 is 16.4 Å². The molecule has 0 aliphatic carbocycles. The summed E-state index contributed by atoms with van der Waals surface area (Å²) in [5.41, 5.74) is 4.78. The van der Waals surface area contributed by atoms with E-state index in [0.717, 1.165) is 12.8 Å². The second-order valence-corrected chi connectivity index (χ2v) is 3.49. The van der Waals surface area contributed by atoms with Crippen molar-refractivity contribution in [2.75, 3.05) is 19.7 Å². The zero-order chi connectivity index (χ0) is 12.4. The van der Waals surface area contributed by atoms with E-state index in [-0.39, 0.29) is 18.6 Å². The van der Waals surface area contributed by atoms with Crippen LogP contribution in [0.15, 0.2) is 0 Å². The average molecular weight is 231 g/mol. The van der Waals surface area contributed by atoms with Crippen molar-refractivity contribution < 1.29 is 14.3 Å². The minimum Gasteiger partial charge on any atom is -0.448 e. The molecule has 94 valence electrons. The summed E-state index contributed by atoms with van der Waals surface area (Å²) in [6.07, 6.45) is 1.22. The van der Waals surface area contributed by atoms with Gasteiger partial charge in [-0.05, 0) is 13.3 Å². The number of rotatable bonds is 8. The maximum absolute atomic E-state index is 11.4. The van der Waals surface area contributed by atoms with Gasteiger partial charge in [0.05, 0.1) is 6.04 Å². The number of nitrogens with one attached hydrogen (secondary N) is 2. The van der Waals surface area contributed by atoms with Crippen LogP contribution in [0.2, 0.25) is 0 Å². The summed E-state index contributed by atoms with van der Waals surface area (Å²) in [6, 6.07) is -0.298. The van der Waals surface area contributed by atoms with Crippen LogP contribution in [0.25, 0.3) is 0 Å². The smallest absolute Gasteiger partial charge is 0.404 e. The van der Waals surface area contributed by atoms with Crippen molar-refractivity contribution in [3.8, 4) is 0 Å². The van der Waals surface area contributed by atoms with Crippen molar-refractivity contribution in [1.29, 1.82) is 0 Å². The molecule has 4 N–H and O–H groups in total. The maximum atomic E-state index is 11.4. The third-order valence-electron chi connectivity index (χ3n) is 2.02. The number of hydrogen-bond donors (Lipinski definition) is 3. The van der Waals surface area contributed by atoms with Gasteiger partial charge in [-0.1, -0.05) is 13.3 Å². The molecule has 0 heterocycles. The van der Waals surface area contributed by atoms with Gasteiger partial charge in [0.2, 0.25) is 5.91 Å². The molecule has 0 radical (unpaired) electrons. The van der Waals surface area contributed by atoms with Gasteiger partial charge in [0.1, 0.15) is 6.61 Å². The van der Waals surface area contributed by atoms with E-state index in [1.165, 1.54) is 0 Å². The fourth-order valence-corrected chi connectivity index (χ4v) is 1.06. The first-order chi connectivity index (χ1) is 7.57. The van der Waals surface area contributed by atoms with E-state index < -0.39 is 6.09 Å². The van der Waals surface area contributed by atoms with Crippen LogP contribution in [0.5, 0.6) is 0 Å². The molecule has 0 fully saturated rings. The summed E-state index contributed by atoms with van der Waals surface area (Å²) < 4.78 is 4.52. The zero-order valence-electron chi connectivity index (χ0n) is 9.91. The lowest BCUT2D eigenvalue weighted by atomic mass is 10.3. The van der Waals surface area contributed by atoms with Gasteiger partial charge in [0.25, 0.3) is 0 Å². The molecule has 6 heteroatoms. The highest BCUT2D eigenvalue weighted by atomic mass is 16.5. The van der Waals surface area contributed by atoms with Crippen molar-refractivity contribution in [3.63, 3.8) is 0 Å². The summed E-state index contributed by atoms with van der Waals surface area (Å²) >= 11 is 0. The van der Waals surface area contributed by atoms with Crippen LogP contribution in [0.1, 0.15) is 26.7 Å². The predicted octanol–water partition coefficient (Wildman–Crippen LogP) is -0.0239. The van der Waals surface area contributed by atoms with E-state index >= 15 is 0 Å². The Kier molecular flexibility index (Phi) is 8.24. The van der Waals surface area contributed by atoms with Gasteiger partial charge in [0, 0.05) is 13.1 Å². The highest BCUT2D eigenvalue weighted by molar-refractivity contribution is 5.81. The van der Waals surface area contributed by atoms with E-state index in [1.54, 1.807) is 6.92 Å². The molecule has 0 saturated heterocycles. The Hall–Kier alpha value is -1.30. The zero-order valence-corrected chi connectivity index (χ0v) is 9.91. The van der Waals surface area contributed by atoms with Crippen LogP contribution >= 0.6 is 0 Å². The number of ether oxygens (including phenoxy) is 1. The molecule has 1 unspecified atom stereocenters. The normalized spacial score (nSPS) is 11.9. The molecule has 0 aliphatic rings. The highest BCUT2D eigenvalue weighted by Gasteiger charge is 2.10. The van der Waals surface area contributed by atoms with Crippen molar-refractivity contribution in [3.05, 3.63) is 0 Å². The fraction of sp³-hybridized carbons (Fsp3) is 0.800. The Morgan fingerprint density at radius 2 is 2.06 bits per heavy atom. The van der Waals surface area contributed by atoms with E-state index in [9.17, 15) is 9.59 Å². The highest BCUT2D eigenvalue weighted by Crippen LogP contribution is 1.86. The molecular weight excluding hydrogens is 210 g/mol. The lowest BCUT2D eigenvalue weighted by Crippen LogP contribution is -2.43. The molecule has 0 spiro atoms. The Bertz CT molecular complexity index is 221. The Morgan fingerprint density at radius 3 is 2.62 bits per heavy atom.